The molecular formula is C13H16N2O3. The maximum absolute atomic E-state index is 5.39. The predicted octanol–water partition coefficient (Wildman–Crippen LogP) is 1.52. The summed E-state index contributed by atoms with van der Waals surface area (Å²) in [6, 6.07) is 5.86. The Kier molecular flexibility index (Phi) is 3.06. The molecule has 0 bridgehead atoms. The summed E-state index contributed by atoms with van der Waals surface area (Å²) in [5.41, 5.74) is 2.01. The smallest absolute Gasteiger partial charge is 0.231 e. The van der Waals surface area contributed by atoms with E-state index in [1.807, 2.05) is 18.2 Å². The molecule has 5 nitrogen and oxygen atoms in total. The van der Waals surface area contributed by atoms with E-state index in [1.54, 1.807) is 0 Å². The SMILES string of the molecule is CCNC[C@@H]1CC(c2ccc3c(c2)OCO3)=NO1. The van der Waals surface area contributed by atoms with Gasteiger partial charge in [-0.1, -0.05) is 12.1 Å². The van der Waals surface area contributed by atoms with Crippen LogP contribution in [0.25, 0.3) is 0 Å². The van der Waals surface area contributed by atoms with Crippen LogP contribution in [0.15, 0.2) is 23.4 Å². The molecule has 2 heterocycles. The summed E-state index contributed by atoms with van der Waals surface area (Å²) in [6.07, 6.45) is 0.956. The average Bonchev–Trinajstić information content (AvgIpc) is 3.04. The van der Waals surface area contributed by atoms with Gasteiger partial charge in [-0.25, -0.2) is 0 Å². The van der Waals surface area contributed by atoms with Crippen LogP contribution in [-0.2, 0) is 4.84 Å². The molecule has 96 valence electrons. The van der Waals surface area contributed by atoms with Crippen molar-refractivity contribution in [3.8, 4) is 11.5 Å². The molecule has 0 unspecified atom stereocenters. The van der Waals surface area contributed by atoms with Gasteiger partial charge < -0.3 is 19.6 Å². The Balaban J connectivity index is 1.69. The van der Waals surface area contributed by atoms with Crippen molar-refractivity contribution in [2.75, 3.05) is 19.9 Å². The zero-order chi connectivity index (χ0) is 12.4. The fraction of sp³-hybridized carbons (Fsp3) is 0.462. The minimum Gasteiger partial charge on any atom is -0.454 e. The van der Waals surface area contributed by atoms with E-state index in [4.69, 9.17) is 14.3 Å². The van der Waals surface area contributed by atoms with E-state index >= 15 is 0 Å². The Bertz CT molecular complexity index is 473. The Morgan fingerprint density at radius 1 is 1.33 bits per heavy atom. The van der Waals surface area contributed by atoms with Crippen molar-refractivity contribution < 1.29 is 14.3 Å². The quantitative estimate of drug-likeness (QED) is 0.877. The summed E-state index contributed by atoms with van der Waals surface area (Å²) in [5.74, 6) is 1.58. The molecule has 0 fully saturated rings. The first-order valence-electron chi connectivity index (χ1n) is 6.20. The van der Waals surface area contributed by atoms with Gasteiger partial charge in [0.15, 0.2) is 11.5 Å². The highest BCUT2D eigenvalue weighted by Gasteiger charge is 2.23. The molecule has 2 aliphatic rings. The summed E-state index contributed by atoms with van der Waals surface area (Å²) >= 11 is 0. The molecule has 0 saturated heterocycles. The van der Waals surface area contributed by atoms with Crippen LogP contribution in [0.5, 0.6) is 11.5 Å². The highest BCUT2D eigenvalue weighted by Crippen LogP contribution is 2.33. The van der Waals surface area contributed by atoms with Gasteiger partial charge in [0.1, 0.15) is 6.10 Å². The fourth-order valence-electron chi connectivity index (χ4n) is 2.09. The second-order valence-electron chi connectivity index (χ2n) is 4.35. The highest BCUT2D eigenvalue weighted by molar-refractivity contribution is 6.01. The lowest BCUT2D eigenvalue weighted by Crippen LogP contribution is -2.26. The lowest BCUT2D eigenvalue weighted by atomic mass is 10.0. The summed E-state index contributed by atoms with van der Waals surface area (Å²) in [4.78, 5) is 5.39. The maximum atomic E-state index is 5.39. The number of rotatable bonds is 4. The van der Waals surface area contributed by atoms with Crippen LogP contribution in [-0.4, -0.2) is 31.7 Å². The molecule has 0 aliphatic carbocycles. The summed E-state index contributed by atoms with van der Waals surface area (Å²) in [7, 11) is 0. The van der Waals surface area contributed by atoms with Crippen LogP contribution in [0.1, 0.15) is 18.9 Å². The monoisotopic (exact) mass is 248 g/mol. The van der Waals surface area contributed by atoms with Crippen LogP contribution in [0, 0.1) is 0 Å². The average molecular weight is 248 g/mol. The van der Waals surface area contributed by atoms with Crippen LogP contribution < -0.4 is 14.8 Å². The van der Waals surface area contributed by atoms with Gasteiger partial charge in [-0.05, 0) is 24.7 Å². The number of fused-ring (bicyclic) bond motifs is 1. The molecule has 0 amide bonds. The first kappa shape index (κ1) is 11.3. The molecule has 2 aliphatic heterocycles. The lowest BCUT2D eigenvalue weighted by Gasteiger charge is -2.07. The molecule has 0 radical (unpaired) electrons. The van der Waals surface area contributed by atoms with Gasteiger partial charge in [0.25, 0.3) is 0 Å². The molecule has 5 heteroatoms. The summed E-state index contributed by atoms with van der Waals surface area (Å²) in [5, 5.41) is 7.41. The zero-order valence-corrected chi connectivity index (χ0v) is 10.3. The second kappa shape index (κ2) is 4.86. The first-order chi connectivity index (χ1) is 8.86. The van der Waals surface area contributed by atoms with Crippen LogP contribution in [0.4, 0.5) is 0 Å². The number of likely N-dealkylation sites (N-methyl/N-ethyl adjacent to an activating group) is 1. The summed E-state index contributed by atoms with van der Waals surface area (Å²) < 4.78 is 10.6. The molecule has 1 atom stereocenters. The maximum Gasteiger partial charge on any atom is 0.231 e. The number of nitrogens with zero attached hydrogens (tertiary/aromatic N) is 1. The Labute approximate surface area is 106 Å². The van der Waals surface area contributed by atoms with Gasteiger partial charge in [-0.2, -0.15) is 0 Å². The number of nitrogens with one attached hydrogen (secondary N) is 1. The molecule has 18 heavy (non-hydrogen) atoms. The third kappa shape index (κ3) is 2.13. The minimum absolute atomic E-state index is 0.130. The Morgan fingerprint density at radius 2 is 2.22 bits per heavy atom. The topological polar surface area (TPSA) is 52.1 Å². The Hall–Kier alpha value is -1.75. The molecule has 1 aromatic rings. The van der Waals surface area contributed by atoms with Crippen LogP contribution >= 0.6 is 0 Å². The van der Waals surface area contributed by atoms with Gasteiger partial charge in [-0.3, -0.25) is 0 Å². The molecule has 0 saturated carbocycles. The third-order valence-electron chi connectivity index (χ3n) is 3.06. The Morgan fingerprint density at radius 3 is 3.11 bits per heavy atom. The van der Waals surface area contributed by atoms with Crippen molar-refractivity contribution in [2.45, 2.75) is 19.4 Å². The molecule has 0 spiro atoms. The highest BCUT2D eigenvalue weighted by atomic mass is 16.7. The normalized spacial score (nSPS) is 20.7. The summed E-state index contributed by atoms with van der Waals surface area (Å²) in [6.45, 7) is 4.15. The van der Waals surface area contributed by atoms with Crippen molar-refractivity contribution in [2.24, 2.45) is 5.16 Å². The van der Waals surface area contributed by atoms with E-state index in [2.05, 4.69) is 17.4 Å². The van der Waals surface area contributed by atoms with Gasteiger partial charge in [0.2, 0.25) is 6.79 Å². The molecule has 1 aromatic carbocycles. The second-order valence-corrected chi connectivity index (χ2v) is 4.35. The minimum atomic E-state index is 0.130. The van der Waals surface area contributed by atoms with Gasteiger partial charge >= 0.3 is 0 Å². The fourth-order valence-corrected chi connectivity index (χ4v) is 2.09. The molecule has 1 N–H and O–H groups in total. The van der Waals surface area contributed by atoms with E-state index in [1.165, 1.54) is 0 Å². The molecular weight excluding hydrogens is 232 g/mol. The number of benzene rings is 1. The van der Waals surface area contributed by atoms with Crippen LogP contribution in [0.2, 0.25) is 0 Å². The number of hydrogen-bond acceptors (Lipinski definition) is 5. The third-order valence-corrected chi connectivity index (χ3v) is 3.06. The van der Waals surface area contributed by atoms with E-state index in [9.17, 15) is 0 Å². The largest absolute Gasteiger partial charge is 0.454 e. The van der Waals surface area contributed by atoms with E-state index in [-0.39, 0.29) is 6.10 Å². The standard InChI is InChI=1S/C13H16N2O3/c1-2-14-7-10-6-11(15-18-10)9-3-4-12-13(5-9)17-8-16-12/h3-5,10,14H,2,6-8H2,1H3/t10-/m0/s1. The number of ether oxygens (including phenoxy) is 2. The van der Waals surface area contributed by atoms with Crippen LogP contribution in [0.3, 0.4) is 0 Å². The zero-order valence-electron chi connectivity index (χ0n) is 10.3. The lowest BCUT2D eigenvalue weighted by molar-refractivity contribution is 0.0855. The molecule has 3 rings (SSSR count). The first-order valence-corrected chi connectivity index (χ1v) is 6.20. The van der Waals surface area contributed by atoms with Crippen molar-refractivity contribution in [3.63, 3.8) is 0 Å². The number of hydrogen-bond donors (Lipinski definition) is 1. The van der Waals surface area contributed by atoms with E-state index in [0.29, 0.717) is 6.79 Å². The van der Waals surface area contributed by atoms with Gasteiger partial charge in [-0.15, -0.1) is 0 Å². The van der Waals surface area contributed by atoms with Gasteiger partial charge in [0, 0.05) is 18.5 Å². The van der Waals surface area contributed by atoms with Crippen molar-refractivity contribution >= 4 is 5.71 Å². The van der Waals surface area contributed by atoms with E-state index in [0.717, 1.165) is 42.3 Å². The van der Waals surface area contributed by atoms with Gasteiger partial charge in [0.05, 0.1) is 5.71 Å². The van der Waals surface area contributed by atoms with Crippen molar-refractivity contribution in [1.82, 2.24) is 5.32 Å². The van der Waals surface area contributed by atoms with Crippen molar-refractivity contribution in [1.29, 1.82) is 0 Å². The van der Waals surface area contributed by atoms with Crippen molar-refractivity contribution in [3.05, 3.63) is 23.8 Å². The molecule has 0 aromatic heterocycles. The number of oxime groups is 1. The van der Waals surface area contributed by atoms with E-state index < -0.39 is 0 Å². The predicted molar refractivity (Wildman–Crippen MR) is 67.1 cm³/mol.